The van der Waals surface area contributed by atoms with Crippen LogP contribution in [0.5, 0.6) is 0 Å². The molecule has 0 aromatic carbocycles. The first kappa shape index (κ1) is 14.7. The predicted octanol–water partition coefficient (Wildman–Crippen LogP) is 1.45. The fourth-order valence-electron chi connectivity index (χ4n) is 1.40. The number of amides is 2. The van der Waals surface area contributed by atoms with Crippen LogP contribution in [0.15, 0.2) is 4.99 Å². The Morgan fingerprint density at radius 2 is 2.12 bits per heavy atom. The van der Waals surface area contributed by atoms with E-state index in [9.17, 15) is 4.79 Å². The molecule has 94 valence electrons. The van der Waals surface area contributed by atoms with E-state index in [1.165, 1.54) is 19.9 Å². The Morgan fingerprint density at radius 1 is 1.44 bits per heavy atom. The van der Waals surface area contributed by atoms with Crippen molar-refractivity contribution >= 4 is 12.0 Å². The van der Waals surface area contributed by atoms with Gasteiger partial charge in [-0.1, -0.05) is 33.1 Å². The van der Waals surface area contributed by atoms with Crippen LogP contribution in [0.25, 0.3) is 0 Å². The van der Waals surface area contributed by atoms with Crippen LogP contribution >= 0.6 is 0 Å². The number of carbonyl (C=O) groups is 1. The van der Waals surface area contributed by atoms with Gasteiger partial charge >= 0.3 is 6.03 Å². The molecule has 0 aromatic rings. The van der Waals surface area contributed by atoms with Crippen molar-refractivity contribution in [3.05, 3.63) is 0 Å². The molecule has 0 heterocycles. The molecule has 2 amide bonds. The van der Waals surface area contributed by atoms with E-state index in [-0.39, 0.29) is 12.0 Å². The van der Waals surface area contributed by atoms with Crippen molar-refractivity contribution in [2.75, 3.05) is 13.6 Å². The quantitative estimate of drug-likeness (QED) is 0.475. The lowest BCUT2D eigenvalue weighted by Gasteiger charge is -2.15. The lowest BCUT2D eigenvalue weighted by molar-refractivity contribution is 0.242. The molecule has 0 saturated carbocycles. The maximum Gasteiger partial charge on any atom is 0.321 e. The lowest BCUT2D eigenvalue weighted by atomic mass is 9.99. The van der Waals surface area contributed by atoms with Gasteiger partial charge in [0.05, 0.1) is 0 Å². The van der Waals surface area contributed by atoms with Crippen molar-refractivity contribution in [1.29, 1.82) is 0 Å². The number of hydrogen-bond donors (Lipinski definition) is 3. The molecule has 4 N–H and O–H groups in total. The normalized spacial score (nSPS) is 13.3. The molecule has 5 nitrogen and oxygen atoms in total. The van der Waals surface area contributed by atoms with E-state index in [4.69, 9.17) is 5.73 Å². The summed E-state index contributed by atoms with van der Waals surface area (Å²) in [6.45, 7) is 5.01. The van der Waals surface area contributed by atoms with E-state index in [0.29, 0.717) is 12.5 Å². The van der Waals surface area contributed by atoms with E-state index in [1.807, 2.05) is 0 Å². The number of hydrogen-bond acceptors (Lipinski definition) is 2. The van der Waals surface area contributed by atoms with Crippen molar-refractivity contribution in [3.63, 3.8) is 0 Å². The first-order chi connectivity index (χ1) is 7.63. The van der Waals surface area contributed by atoms with Gasteiger partial charge in [-0.25, -0.2) is 4.79 Å². The standard InChI is InChI=1S/C11H24N4O/c1-4-6-7-9(5-2)8-14-11(16)15-10(12)13-3/h9H,4-8H2,1-3H3,(H4,12,13,14,15,16). The van der Waals surface area contributed by atoms with Crippen molar-refractivity contribution in [3.8, 4) is 0 Å². The van der Waals surface area contributed by atoms with Crippen LogP contribution in [0.1, 0.15) is 39.5 Å². The fraction of sp³-hybridized carbons (Fsp3) is 0.818. The Bertz CT molecular complexity index is 228. The maximum atomic E-state index is 11.3. The van der Waals surface area contributed by atoms with Gasteiger partial charge in [0, 0.05) is 13.6 Å². The van der Waals surface area contributed by atoms with Crippen LogP contribution in [0.3, 0.4) is 0 Å². The van der Waals surface area contributed by atoms with E-state index in [1.54, 1.807) is 0 Å². The topological polar surface area (TPSA) is 79.5 Å². The smallest absolute Gasteiger partial charge is 0.321 e. The highest BCUT2D eigenvalue weighted by Gasteiger charge is 2.08. The van der Waals surface area contributed by atoms with Crippen LogP contribution < -0.4 is 16.4 Å². The van der Waals surface area contributed by atoms with E-state index < -0.39 is 0 Å². The molecule has 1 unspecified atom stereocenters. The zero-order valence-electron chi connectivity index (χ0n) is 10.5. The minimum atomic E-state index is -0.280. The highest BCUT2D eigenvalue weighted by molar-refractivity contribution is 5.95. The second kappa shape index (κ2) is 9.00. The highest BCUT2D eigenvalue weighted by atomic mass is 16.2. The molecule has 0 radical (unpaired) electrons. The maximum absolute atomic E-state index is 11.3. The molecule has 0 aromatic heterocycles. The zero-order chi connectivity index (χ0) is 12.4. The van der Waals surface area contributed by atoms with Crippen molar-refractivity contribution in [2.45, 2.75) is 39.5 Å². The van der Waals surface area contributed by atoms with Gasteiger partial charge in [0.2, 0.25) is 0 Å². The molecule has 1 atom stereocenters. The molecule has 0 fully saturated rings. The van der Waals surface area contributed by atoms with E-state index in [2.05, 4.69) is 29.5 Å². The molecule has 5 heteroatoms. The highest BCUT2D eigenvalue weighted by Crippen LogP contribution is 2.10. The number of guanidine groups is 1. The average molecular weight is 228 g/mol. The summed E-state index contributed by atoms with van der Waals surface area (Å²) in [7, 11) is 1.53. The number of nitrogens with zero attached hydrogens (tertiary/aromatic N) is 1. The Balaban J connectivity index is 3.79. The third kappa shape index (κ3) is 7.09. The third-order valence-electron chi connectivity index (χ3n) is 2.58. The van der Waals surface area contributed by atoms with Crippen molar-refractivity contribution < 1.29 is 4.79 Å². The molecule has 0 aliphatic rings. The number of rotatable bonds is 6. The molecule has 0 rings (SSSR count). The average Bonchev–Trinajstić information content (AvgIpc) is 2.29. The number of nitrogens with one attached hydrogen (secondary N) is 2. The van der Waals surface area contributed by atoms with Gasteiger partial charge in [-0.05, 0) is 12.3 Å². The number of aliphatic imine (C=N–C) groups is 1. The lowest BCUT2D eigenvalue weighted by Crippen LogP contribution is -2.44. The van der Waals surface area contributed by atoms with E-state index >= 15 is 0 Å². The minimum Gasteiger partial charge on any atom is -0.370 e. The summed E-state index contributed by atoms with van der Waals surface area (Å²) >= 11 is 0. The van der Waals surface area contributed by atoms with Crippen LogP contribution in [0.4, 0.5) is 4.79 Å². The van der Waals surface area contributed by atoms with Crippen LogP contribution in [-0.2, 0) is 0 Å². The van der Waals surface area contributed by atoms with Crippen LogP contribution in [-0.4, -0.2) is 25.6 Å². The van der Waals surface area contributed by atoms with E-state index in [0.717, 1.165) is 12.8 Å². The molecule has 0 aliphatic carbocycles. The molecule has 0 spiro atoms. The van der Waals surface area contributed by atoms with Crippen LogP contribution in [0, 0.1) is 5.92 Å². The summed E-state index contributed by atoms with van der Waals surface area (Å²) < 4.78 is 0. The van der Waals surface area contributed by atoms with Gasteiger partial charge in [-0.2, -0.15) is 0 Å². The molecule has 16 heavy (non-hydrogen) atoms. The van der Waals surface area contributed by atoms with Gasteiger partial charge in [0.25, 0.3) is 0 Å². The number of unbranched alkanes of at least 4 members (excludes halogenated alkanes) is 1. The first-order valence-corrected chi connectivity index (χ1v) is 5.91. The fourth-order valence-corrected chi connectivity index (χ4v) is 1.40. The molecule has 0 saturated heterocycles. The van der Waals surface area contributed by atoms with Gasteiger partial charge < -0.3 is 11.1 Å². The molecule has 0 aliphatic heterocycles. The summed E-state index contributed by atoms with van der Waals surface area (Å²) in [5, 5.41) is 5.24. The molecular weight excluding hydrogens is 204 g/mol. The number of carbonyl (C=O) groups excluding carboxylic acids is 1. The van der Waals surface area contributed by atoms with Crippen molar-refractivity contribution in [2.24, 2.45) is 16.6 Å². The summed E-state index contributed by atoms with van der Waals surface area (Å²) in [6.07, 6.45) is 4.64. The summed E-state index contributed by atoms with van der Waals surface area (Å²) in [6, 6.07) is -0.280. The molecule has 0 bridgehead atoms. The number of urea groups is 1. The van der Waals surface area contributed by atoms with Gasteiger partial charge in [-0.3, -0.25) is 10.3 Å². The summed E-state index contributed by atoms with van der Waals surface area (Å²) in [4.78, 5) is 15.0. The van der Waals surface area contributed by atoms with Crippen molar-refractivity contribution in [1.82, 2.24) is 10.6 Å². The molecular formula is C11H24N4O. The minimum absolute atomic E-state index is 0.138. The Morgan fingerprint density at radius 3 is 2.62 bits per heavy atom. The Labute approximate surface area is 97.9 Å². The Hall–Kier alpha value is -1.26. The SMILES string of the molecule is CCCCC(CC)CNC(=O)NC(N)=NC. The predicted molar refractivity (Wildman–Crippen MR) is 67.4 cm³/mol. The number of nitrogens with two attached hydrogens (primary N) is 1. The second-order valence-electron chi connectivity index (χ2n) is 3.86. The second-order valence-corrected chi connectivity index (χ2v) is 3.86. The van der Waals surface area contributed by atoms with Gasteiger partial charge in [0.15, 0.2) is 5.96 Å². The Kier molecular flexibility index (Phi) is 8.29. The summed E-state index contributed by atoms with van der Waals surface area (Å²) in [5.41, 5.74) is 5.37. The monoisotopic (exact) mass is 228 g/mol. The third-order valence-corrected chi connectivity index (χ3v) is 2.58. The zero-order valence-corrected chi connectivity index (χ0v) is 10.5. The first-order valence-electron chi connectivity index (χ1n) is 5.91. The van der Waals surface area contributed by atoms with Crippen LogP contribution in [0.2, 0.25) is 0 Å². The van der Waals surface area contributed by atoms with Gasteiger partial charge in [-0.15, -0.1) is 0 Å². The van der Waals surface area contributed by atoms with Gasteiger partial charge in [0.1, 0.15) is 0 Å². The largest absolute Gasteiger partial charge is 0.370 e. The summed E-state index contributed by atoms with van der Waals surface area (Å²) in [5.74, 6) is 0.685.